The van der Waals surface area contributed by atoms with Crippen molar-refractivity contribution < 1.29 is 13.5 Å². The lowest BCUT2D eigenvalue weighted by atomic mass is 10.1. The minimum Gasteiger partial charge on any atom is -0.387 e. The molecule has 1 aromatic carbocycles. The molecule has 0 spiro atoms. The van der Waals surface area contributed by atoms with Crippen LogP contribution in [-0.2, 0) is 10.0 Å². The van der Waals surface area contributed by atoms with Crippen LogP contribution in [0.1, 0.15) is 11.7 Å². The third-order valence-electron chi connectivity index (χ3n) is 1.74. The molecule has 0 bridgehead atoms. The largest absolute Gasteiger partial charge is 0.387 e. The van der Waals surface area contributed by atoms with Crippen molar-refractivity contribution in [1.29, 1.82) is 0 Å². The van der Waals surface area contributed by atoms with Gasteiger partial charge in [0.05, 0.1) is 18.2 Å². The SMILES string of the molecule is CS(=O)(=O)Nc1ccc([C@H](O)CCl)cc1. The highest BCUT2D eigenvalue weighted by Gasteiger charge is 2.06. The Morgan fingerprint density at radius 3 is 2.33 bits per heavy atom. The van der Waals surface area contributed by atoms with Crippen molar-refractivity contribution in [2.45, 2.75) is 6.10 Å². The molecule has 0 aliphatic heterocycles. The molecule has 84 valence electrons. The van der Waals surface area contributed by atoms with Crippen molar-refractivity contribution in [3.63, 3.8) is 0 Å². The Bertz CT molecular complexity index is 415. The summed E-state index contributed by atoms with van der Waals surface area (Å²) in [5, 5.41) is 9.38. The topological polar surface area (TPSA) is 66.4 Å². The van der Waals surface area contributed by atoms with E-state index in [1.165, 1.54) is 0 Å². The van der Waals surface area contributed by atoms with Gasteiger partial charge in [0.1, 0.15) is 0 Å². The van der Waals surface area contributed by atoms with Gasteiger partial charge in [-0.1, -0.05) is 12.1 Å². The minimum atomic E-state index is -3.25. The Labute approximate surface area is 93.9 Å². The number of anilines is 1. The molecule has 0 heterocycles. The summed E-state index contributed by atoms with van der Waals surface area (Å²) in [7, 11) is -3.25. The first kappa shape index (κ1) is 12.3. The first-order chi connectivity index (χ1) is 6.92. The van der Waals surface area contributed by atoms with Crippen molar-refractivity contribution in [2.24, 2.45) is 0 Å². The predicted octanol–water partition coefficient (Wildman–Crippen LogP) is 1.33. The molecule has 0 aromatic heterocycles. The zero-order valence-electron chi connectivity index (χ0n) is 8.14. The van der Waals surface area contributed by atoms with E-state index in [0.29, 0.717) is 11.3 Å². The Morgan fingerprint density at radius 1 is 1.40 bits per heavy atom. The number of hydrogen-bond donors (Lipinski definition) is 2. The highest BCUT2D eigenvalue weighted by molar-refractivity contribution is 7.92. The second-order valence-corrected chi connectivity index (χ2v) is 5.22. The maximum absolute atomic E-state index is 10.9. The highest BCUT2D eigenvalue weighted by atomic mass is 35.5. The average Bonchev–Trinajstić information content (AvgIpc) is 2.15. The number of benzene rings is 1. The molecule has 2 N–H and O–H groups in total. The second kappa shape index (κ2) is 4.83. The monoisotopic (exact) mass is 249 g/mol. The molecule has 1 aromatic rings. The van der Waals surface area contributed by atoms with Gasteiger partial charge in [0.15, 0.2) is 0 Å². The number of alkyl halides is 1. The number of nitrogens with one attached hydrogen (secondary N) is 1. The summed E-state index contributed by atoms with van der Waals surface area (Å²) in [5.41, 5.74) is 1.12. The summed E-state index contributed by atoms with van der Waals surface area (Å²) >= 11 is 5.47. The van der Waals surface area contributed by atoms with Gasteiger partial charge < -0.3 is 5.11 Å². The smallest absolute Gasteiger partial charge is 0.229 e. The molecule has 15 heavy (non-hydrogen) atoms. The number of hydrogen-bond acceptors (Lipinski definition) is 3. The number of aliphatic hydroxyl groups excluding tert-OH is 1. The van der Waals surface area contributed by atoms with Crippen LogP contribution in [0.15, 0.2) is 24.3 Å². The van der Waals surface area contributed by atoms with Crippen molar-refractivity contribution >= 4 is 27.3 Å². The van der Waals surface area contributed by atoms with Crippen LogP contribution < -0.4 is 4.72 Å². The van der Waals surface area contributed by atoms with Crippen molar-refractivity contribution in [3.8, 4) is 0 Å². The third-order valence-corrected chi connectivity index (χ3v) is 2.64. The van der Waals surface area contributed by atoms with Gasteiger partial charge in [-0.2, -0.15) is 0 Å². The Hall–Kier alpha value is -0.780. The van der Waals surface area contributed by atoms with Crippen LogP contribution in [0.3, 0.4) is 0 Å². The highest BCUT2D eigenvalue weighted by Crippen LogP contribution is 2.17. The molecule has 0 fully saturated rings. The second-order valence-electron chi connectivity index (χ2n) is 3.17. The van der Waals surface area contributed by atoms with E-state index < -0.39 is 16.1 Å². The molecular formula is C9H12ClNO3S. The van der Waals surface area contributed by atoms with E-state index in [1.54, 1.807) is 24.3 Å². The van der Waals surface area contributed by atoms with Crippen molar-refractivity contribution in [3.05, 3.63) is 29.8 Å². The van der Waals surface area contributed by atoms with Gasteiger partial charge in [-0.05, 0) is 17.7 Å². The van der Waals surface area contributed by atoms with Crippen LogP contribution in [-0.4, -0.2) is 25.7 Å². The van der Waals surface area contributed by atoms with Gasteiger partial charge in [-0.3, -0.25) is 4.72 Å². The number of halogens is 1. The summed E-state index contributed by atoms with van der Waals surface area (Å²) in [6, 6.07) is 6.40. The molecule has 0 aliphatic carbocycles. The summed E-state index contributed by atoms with van der Waals surface area (Å²) in [6.07, 6.45) is 0.355. The molecule has 0 aliphatic rings. The van der Waals surface area contributed by atoms with Gasteiger partial charge in [-0.25, -0.2) is 8.42 Å². The standard InChI is InChI=1S/C9H12ClNO3S/c1-15(13,14)11-8-4-2-7(3-5-8)9(12)6-10/h2-5,9,11-12H,6H2,1H3/t9-/m1/s1. The molecular weight excluding hydrogens is 238 g/mol. The first-order valence-corrected chi connectivity index (χ1v) is 6.67. The van der Waals surface area contributed by atoms with Crippen LogP contribution >= 0.6 is 11.6 Å². The van der Waals surface area contributed by atoms with Crippen molar-refractivity contribution in [1.82, 2.24) is 0 Å². The van der Waals surface area contributed by atoms with E-state index in [1.807, 2.05) is 0 Å². The number of rotatable bonds is 4. The first-order valence-electron chi connectivity index (χ1n) is 4.24. The lowest BCUT2D eigenvalue weighted by Crippen LogP contribution is -2.09. The number of sulfonamides is 1. The predicted molar refractivity (Wildman–Crippen MR) is 60.6 cm³/mol. The molecule has 0 unspecified atom stereocenters. The fraction of sp³-hybridized carbons (Fsp3) is 0.333. The maximum Gasteiger partial charge on any atom is 0.229 e. The molecule has 0 saturated heterocycles. The lowest BCUT2D eigenvalue weighted by molar-refractivity contribution is 0.202. The minimum absolute atomic E-state index is 0.110. The van der Waals surface area contributed by atoms with Gasteiger partial charge in [0, 0.05) is 5.69 Å². The fourth-order valence-corrected chi connectivity index (χ4v) is 1.82. The van der Waals surface area contributed by atoms with E-state index in [9.17, 15) is 13.5 Å². The maximum atomic E-state index is 10.9. The van der Waals surface area contributed by atoms with E-state index >= 15 is 0 Å². The third kappa shape index (κ3) is 4.07. The van der Waals surface area contributed by atoms with Gasteiger partial charge >= 0.3 is 0 Å². The normalized spacial score (nSPS) is 13.5. The van der Waals surface area contributed by atoms with E-state index in [4.69, 9.17) is 11.6 Å². The van der Waals surface area contributed by atoms with E-state index in [2.05, 4.69) is 4.72 Å². The van der Waals surface area contributed by atoms with Crippen LogP contribution in [0.2, 0.25) is 0 Å². The fourth-order valence-electron chi connectivity index (χ4n) is 1.08. The zero-order chi connectivity index (χ0) is 11.5. The van der Waals surface area contributed by atoms with Crippen LogP contribution in [0, 0.1) is 0 Å². The summed E-state index contributed by atoms with van der Waals surface area (Å²) in [6.45, 7) is 0. The Balaban J connectivity index is 2.81. The average molecular weight is 250 g/mol. The van der Waals surface area contributed by atoms with E-state index in [0.717, 1.165) is 6.26 Å². The molecule has 1 atom stereocenters. The van der Waals surface area contributed by atoms with Gasteiger partial charge in [0.25, 0.3) is 0 Å². The zero-order valence-corrected chi connectivity index (χ0v) is 9.72. The lowest BCUT2D eigenvalue weighted by Gasteiger charge is -2.08. The van der Waals surface area contributed by atoms with E-state index in [-0.39, 0.29) is 5.88 Å². The summed E-state index contributed by atoms with van der Waals surface area (Å²) < 4.78 is 24.1. The summed E-state index contributed by atoms with van der Waals surface area (Å²) in [4.78, 5) is 0. The Morgan fingerprint density at radius 2 is 1.93 bits per heavy atom. The van der Waals surface area contributed by atoms with Crippen LogP contribution in [0.25, 0.3) is 0 Å². The molecule has 4 nitrogen and oxygen atoms in total. The van der Waals surface area contributed by atoms with Gasteiger partial charge in [-0.15, -0.1) is 11.6 Å². The summed E-state index contributed by atoms with van der Waals surface area (Å²) in [5.74, 6) is 0.110. The molecule has 0 radical (unpaired) electrons. The van der Waals surface area contributed by atoms with Crippen LogP contribution in [0.5, 0.6) is 0 Å². The quantitative estimate of drug-likeness (QED) is 0.792. The molecule has 0 amide bonds. The molecule has 1 rings (SSSR count). The number of aliphatic hydroxyl groups is 1. The van der Waals surface area contributed by atoms with Gasteiger partial charge in [0.2, 0.25) is 10.0 Å². The molecule has 6 heteroatoms. The Kier molecular flexibility index (Phi) is 3.96. The van der Waals surface area contributed by atoms with Crippen LogP contribution in [0.4, 0.5) is 5.69 Å². The van der Waals surface area contributed by atoms with Crippen molar-refractivity contribution in [2.75, 3.05) is 16.9 Å². The molecule has 0 saturated carbocycles.